The Balaban J connectivity index is 2.12. The van der Waals surface area contributed by atoms with Crippen LogP contribution in [0.25, 0.3) is 0 Å². The Labute approximate surface area is 144 Å². The number of nitrogens with zero attached hydrogens (tertiary/aromatic N) is 1. The third kappa shape index (κ3) is 3.92. The molecule has 1 aliphatic rings. The van der Waals surface area contributed by atoms with Crippen molar-refractivity contribution in [3.05, 3.63) is 60.3 Å². The second-order valence-corrected chi connectivity index (χ2v) is 5.15. The van der Waals surface area contributed by atoms with E-state index in [0.717, 1.165) is 4.90 Å². The fourth-order valence-electron chi connectivity index (χ4n) is 2.29. The molecule has 0 spiro atoms. The second-order valence-electron chi connectivity index (χ2n) is 5.15. The molecule has 130 valence electrons. The molecular formula is C17H18N4O4. The molecule has 1 aliphatic heterocycles. The number of hydrogen-bond acceptors (Lipinski definition) is 5. The molecule has 1 aromatic rings. The molecule has 0 saturated carbocycles. The third-order valence-electron chi connectivity index (χ3n) is 3.54. The molecule has 1 fully saturated rings. The van der Waals surface area contributed by atoms with Crippen molar-refractivity contribution in [2.75, 3.05) is 6.54 Å². The van der Waals surface area contributed by atoms with Crippen molar-refractivity contribution in [2.24, 2.45) is 5.92 Å². The number of rotatable bonds is 6. The number of nitrogens with one attached hydrogen (secondary N) is 3. The highest BCUT2D eigenvalue weighted by molar-refractivity contribution is 6.17. The summed E-state index contributed by atoms with van der Waals surface area (Å²) < 4.78 is 0. The third-order valence-corrected chi connectivity index (χ3v) is 3.54. The Hall–Kier alpha value is -3.42. The van der Waals surface area contributed by atoms with Gasteiger partial charge in [0.1, 0.15) is 0 Å². The maximum atomic E-state index is 12.5. The van der Waals surface area contributed by atoms with Gasteiger partial charge in [-0.25, -0.2) is 4.79 Å². The van der Waals surface area contributed by atoms with Gasteiger partial charge >= 0.3 is 6.03 Å². The van der Waals surface area contributed by atoms with Gasteiger partial charge in [-0.1, -0.05) is 30.4 Å². The van der Waals surface area contributed by atoms with Gasteiger partial charge in [0.05, 0.1) is 0 Å². The zero-order valence-corrected chi connectivity index (χ0v) is 13.6. The van der Waals surface area contributed by atoms with Crippen molar-refractivity contribution in [1.82, 2.24) is 21.1 Å². The number of carbonyl (C=O) groups excluding carboxylic acids is 4. The lowest BCUT2D eigenvalue weighted by Gasteiger charge is -2.30. The van der Waals surface area contributed by atoms with Crippen LogP contribution in [0.1, 0.15) is 17.3 Å². The van der Waals surface area contributed by atoms with Gasteiger partial charge in [-0.3, -0.25) is 30.0 Å². The summed E-state index contributed by atoms with van der Waals surface area (Å²) >= 11 is 0. The maximum Gasteiger partial charge on any atom is 0.331 e. The molecule has 1 unspecified atom stereocenters. The van der Waals surface area contributed by atoms with E-state index >= 15 is 0 Å². The summed E-state index contributed by atoms with van der Waals surface area (Å²) in [7, 11) is 0. The summed E-state index contributed by atoms with van der Waals surface area (Å²) in [4.78, 5) is 49.2. The van der Waals surface area contributed by atoms with E-state index in [1.54, 1.807) is 37.3 Å². The standard InChI is InChI=1S/C17H18N4O4/c1-3-10-21-16(24)13(15(23)18-17(21)25)12(4-2)19-20-14(22)11-8-6-5-7-9-11/h3-9,13,19H,1,10H2,2H3,(H,20,22)(H,18,23,25). The minimum atomic E-state index is -1.27. The van der Waals surface area contributed by atoms with Crippen LogP contribution in [0.15, 0.2) is 54.8 Å². The Kier molecular flexibility index (Phi) is 5.67. The molecule has 0 bridgehead atoms. The number of benzene rings is 1. The maximum absolute atomic E-state index is 12.5. The van der Waals surface area contributed by atoms with Crippen molar-refractivity contribution in [2.45, 2.75) is 6.92 Å². The molecule has 1 saturated heterocycles. The van der Waals surface area contributed by atoms with Gasteiger partial charge in [-0.2, -0.15) is 0 Å². The smallest absolute Gasteiger partial charge is 0.301 e. The number of imide groups is 2. The topological polar surface area (TPSA) is 108 Å². The van der Waals surface area contributed by atoms with Gasteiger partial charge in [0.15, 0.2) is 5.92 Å². The molecule has 1 heterocycles. The largest absolute Gasteiger partial charge is 0.331 e. The quantitative estimate of drug-likeness (QED) is 0.401. The number of carbonyl (C=O) groups is 4. The van der Waals surface area contributed by atoms with Crippen LogP contribution in [0.2, 0.25) is 0 Å². The lowest BCUT2D eigenvalue weighted by Crippen LogP contribution is -2.60. The Morgan fingerprint density at radius 1 is 1.24 bits per heavy atom. The van der Waals surface area contributed by atoms with Crippen LogP contribution >= 0.6 is 0 Å². The first kappa shape index (κ1) is 17.9. The summed E-state index contributed by atoms with van der Waals surface area (Å²) in [5.74, 6) is -3.14. The van der Waals surface area contributed by atoms with Crippen LogP contribution in [-0.4, -0.2) is 35.2 Å². The predicted molar refractivity (Wildman–Crippen MR) is 89.7 cm³/mol. The van der Waals surface area contributed by atoms with E-state index in [9.17, 15) is 19.2 Å². The lowest BCUT2D eigenvalue weighted by molar-refractivity contribution is -0.140. The molecule has 5 amide bonds. The minimum absolute atomic E-state index is 0.0260. The van der Waals surface area contributed by atoms with Crippen LogP contribution in [0.3, 0.4) is 0 Å². The molecule has 1 aromatic carbocycles. The predicted octanol–water partition coefficient (Wildman–Crippen LogP) is 0.705. The SMILES string of the molecule is C=CCN1C(=O)NC(=O)C(C(=CC)NNC(=O)c2ccccc2)C1=O. The van der Waals surface area contributed by atoms with E-state index in [4.69, 9.17) is 0 Å². The Bertz CT molecular complexity index is 742. The van der Waals surface area contributed by atoms with Gasteiger partial charge in [0, 0.05) is 17.8 Å². The van der Waals surface area contributed by atoms with E-state index in [2.05, 4.69) is 22.7 Å². The summed E-state index contributed by atoms with van der Waals surface area (Å²) in [5.41, 5.74) is 5.60. The first-order valence-corrected chi connectivity index (χ1v) is 7.54. The van der Waals surface area contributed by atoms with Crippen LogP contribution in [-0.2, 0) is 9.59 Å². The van der Waals surface area contributed by atoms with Gasteiger partial charge < -0.3 is 5.43 Å². The molecule has 0 aromatic heterocycles. The van der Waals surface area contributed by atoms with Crippen molar-refractivity contribution >= 4 is 23.8 Å². The first-order chi connectivity index (χ1) is 12.0. The van der Waals surface area contributed by atoms with E-state index in [0.29, 0.717) is 5.56 Å². The van der Waals surface area contributed by atoms with Gasteiger partial charge in [-0.05, 0) is 19.1 Å². The molecule has 0 radical (unpaired) electrons. The van der Waals surface area contributed by atoms with Crippen molar-refractivity contribution < 1.29 is 19.2 Å². The van der Waals surface area contributed by atoms with Gasteiger partial charge in [-0.15, -0.1) is 6.58 Å². The fourth-order valence-corrected chi connectivity index (χ4v) is 2.29. The van der Waals surface area contributed by atoms with Gasteiger partial charge in [0.25, 0.3) is 5.91 Å². The van der Waals surface area contributed by atoms with Crippen molar-refractivity contribution in [3.63, 3.8) is 0 Å². The number of hydrazine groups is 1. The van der Waals surface area contributed by atoms with Crippen molar-refractivity contribution in [3.8, 4) is 0 Å². The molecule has 3 N–H and O–H groups in total. The van der Waals surface area contributed by atoms with E-state index < -0.39 is 29.7 Å². The second kappa shape index (κ2) is 7.91. The molecule has 8 nitrogen and oxygen atoms in total. The van der Waals surface area contributed by atoms with Crippen LogP contribution in [0.5, 0.6) is 0 Å². The van der Waals surface area contributed by atoms with Crippen molar-refractivity contribution in [1.29, 1.82) is 0 Å². The monoisotopic (exact) mass is 342 g/mol. The zero-order valence-electron chi connectivity index (χ0n) is 13.6. The molecule has 25 heavy (non-hydrogen) atoms. The normalized spacial score (nSPS) is 17.8. The van der Waals surface area contributed by atoms with Crippen LogP contribution in [0.4, 0.5) is 4.79 Å². The fraction of sp³-hybridized carbons (Fsp3) is 0.176. The van der Waals surface area contributed by atoms with E-state index in [1.165, 1.54) is 12.2 Å². The molecule has 2 rings (SSSR count). The summed E-state index contributed by atoms with van der Waals surface area (Å²) in [6.45, 7) is 5.06. The lowest BCUT2D eigenvalue weighted by atomic mass is 10.0. The summed E-state index contributed by atoms with van der Waals surface area (Å²) in [6, 6.07) is 7.64. The molecule has 0 aliphatic carbocycles. The highest BCUT2D eigenvalue weighted by Gasteiger charge is 2.42. The Morgan fingerprint density at radius 3 is 2.52 bits per heavy atom. The summed E-state index contributed by atoms with van der Waals surface area (Å²) in [5, 5.41) is 2.11. The van der Waals surface area contributed by atoms with E-state index in [1.807, 2.05) is 0 Å². The summed E-state index contributed by atoms with van der Waals surface area (Å²) in [6.07, 6.45) is 2.86. The molecule has 1 atom stereocenters. The number of hydrogen-bond donors (Lipinski definition) is 3. The highest BCUT2D eigenvalue weighted by atomic mass is 16.2. The Morgan fingerprint density at radius 2 is 1.92 bits per heavy atom. The molecular weight excluding hydrogens is 324 g/mol. The average molecular weight is 342 g/mol. The van der Waals surface area contributed by atoms with Gasteiger partial charge in [0.2, 0.25) is 11.8 Å². The average Bonchev–Trinajstić information content (AvgIpc) is 2.61. The number of barbiturate groups is 1. The van der Waals surface area contributed by atoms with Crippen LogP contribution in [0, 0.1) is 5.92 Å². The highest BCUT2D eigenvalue weighted by Crippen LogP contribution is 2.17. The minimum Gasteiger partial charge on any atom is -0.301 e. The first-order valence-electron chi connectivity index (χ1n) is 7.54. The number of amides is 5. The zero-order chi connectivity index (χ0) is 18.4. The number of allylic oxidation sites excluding steroid dienone is 1. The van der Waals surface area contributed by atoms with E-state index in [-0.39, 0.29) is 12.2 Å². The van der Waals surface area contributed by atoms with Crippen LogP contribution < -0.4 is 16.2 Å². The molecule has 8 heteroatoms. The number of urea groups is 1.